The summed E-state index contributed by atoms with van der Waals surface area (Å²) in [4.78, 5) is 20.1. The largest absolute Gasteiger partial charge is 0.481 e. The van der Waals surface area contributed by atoms with Crippen molar-refractivity contribution in [3.63, 3.8) is 0 Å². The fourth-order valence-corrected chi connectivity index (χ4v) is 3.16. The number of rotatable bonds is 10. The zero-order valence-electron chi connectivity index (χ0n) is 14.4. The van der Waals surface area contributed by atoms with E-state index in [9.17, 15) is 4.79 Å². The summed E-state index contributed by atoms with van der Waals surface area (Å²) in [5.41, 5.74) is 1.11. The molecule has 1 aromatic heterocycles. The van der Waals surface area contributed by atoms with E-state index in [0.717, 1.165) is 25.1 Å². The summed E-state index contributed by atoms with van der Waals surface area (Å²) in [7, 11) is 0. The maximum Gasteiger partial charge on any atom is 0.303 e. The lowest BCUT2D eigenvalue weighted by Crippen LogP contribution is -2.20. The molecule has 1 aromatic rings. The minimum absolute atomic E-state index is 0.233. The highest BCUT2D eigenvalue weighted by molar-refractivity contribution is 5.86. The van der Waals surface area contributed by atoms with E-state index in [2.05, 4.69) is 10.1 Å². The summed E-state index contributed by atoms with van der Waals surface area (Å²) in [6, 6.07) is 0. The molecule has 0 unspecified atom stereocenters. The van der Waals surface area contributed by atoms with Gasteiger partial charge in [0.2, 0.25) is 0 Å². The van der Waals surface area contributed by atoms with Gasteiger partial charge in [-0.05, 0) is 32.1 Å². The molecule has 24 heavy (non-hydrogen) atoms. The predicted molar refractivity (Wildman–Crippen MR) is 92.9 cm³/mol. The Morgan fingerprint density at radius 3 is 2.67 bits per heavy atom. The highest BCUT2D eigenvalue weighted by atomic mass is 16.6. The molecule has 1 fully saturated rings. The third kappa shape index (κ3) is 7.15. The van der Waals surface area contributed by atoms with Crippen LogP contribution >= 0.6 is 0 Å². The molecule has 0 aliphatic heterocycles. The molecular weight excluding hydrogens is 306 g/mol. The number of nitrogens with zero attached hydrogens (tertiary/aromatic N) is 3. The molecule has 0 saturated heterocycles. The molecule has 1 heterocycles. The monoisotopic (exact) mass is 335 g/mol. The Kier molecular flexibility index (Phi) is 8.35. The third-order valence-corrected chi connectivity index (χ3v) is 4.54. The number of carboxylic acids is 1. The molecule has 0 radical (unpaired) electrons. The number of hydrogen-bond donors (Lipinski definition) is 1. The zero-order valence-corrected chi connectivity index (χ0v) is 14.4. The highest BCUT2D eigenvalue weighted by Crippen LogP contribution is 2.25. The van der Waals surface area contributed by atoms with Gasteiger partial charge >= 0.3 is 5.97 Å². The Morgan fingerprint density at radius 2 is 2.00 bits per heavy atom. The number of aliphatic carboxylic acids is 1. The van der Waals surface area contributed by atoms with Gasteiger partial charge in [0, 0.05) is 24.7 Å². The number of imidazole rings is 1. The zero-order chi connectivity index (χ0) is 17.0. The molecular formula is C18H29N3O3. The van der Waals surface area contributed by atoms with E-state index in [1.165, 1.54) is 38.5 Å². The Hall–Kier alpha value is -1.85. The molecule has 0 spiro atoms. The van der Waals surface area contributed by atoms with Crippen molar-refractivity contribution < 1.29 is 14.7 Å². The molecule has 0 bridgehead atoms. The Bertz CT molecular complexity index is 492. The summed E-state index contributed by atoms with van der Waals surface area (Å²) in [5.74, 6) is -0.230. The van der Waals surface area contributed by atoms with E-state index in [4.69, 9.17) is 9.94 Å². The summed E-state index contributed by atoms with van der Waals surface area (Å²) in [6.07, 6.45) is 15.8. The molecule has 0 aromatic carbocycles. The van der Waals surface area contributed by atoms with E-state index in [-0.39, 0.29) is 6.42 Å². The van der Waals surface area contributed by atoms with E-state index in [1.54, 1.807) is 6.20 Å². The average Bonchev–Trinajstić information content (AvgIpc) is 2.92. The first-order valence-electron chi connectivity index (χ1n) is 9.12. The number of carboxylic acid groups (broad SMARTS) is 1. The number of oxime groups is 1. The fraction of sp³-hybridized carbons (Fsp3) is 0.722. The molecule has 2 rings (SSSR count). The van der Waals surface area contributed by atoms with E-state index < -0.39 is 5.97 Å². The lowest BCUT2D eigenvalue weighted by atomic mass is 9.94. The molecule has 6 nitrogen and oxygen atoms in total. The maximum atomic E-state index is 10.5. The van der Waals surface area contributed by atoms with Crippen LogP contribution in [0, 0.1) is 5.92 Å². The lowest BCUT2D eigenvalue weighted by Gasteiger charge is -2.17. The van der Waals surface area contributed by atoms with Gasteiger partial charge in [-0.1, -0.05) is 30.8 Å². The van der Waals surface area contributed by atoms with Crippen LogP contribution in [0.3, 0.4) is 0 Å². The normalized spacial score (nSPS) is 16.8. The summed E-state index contributed by atoms with van der Waals surface area (Å²) < 4.78 is 2.04. The summed E-state index contributed by atoms with van der Waals surface area (Å²) in [6.45, 7) is 1.30. The minimum atomic E-state index is -0.732. The van der Waals surface area contributed by atoms with E-state index in [0.29, 0.717) is 18.9 Å². The topological polar surface area (TPSA) is 76.7 Å². The van der Waals surface area contributed by atoms with Crippen molar-refractivity contribution in [3.05, 3.63) is 18.7 Å². The quantitative estimate of drug-likeness (QED) is 0.305. The van der Waals surface area contributed by atoms with Gasteiger partial charge in [-0.25, -0.2) is 4.98 Å². The Morgan fingerprint density at radius 1 is 1.21 bits per heavy atom. The predicted octanol–water partition coefficient (Wildman–Crippen LogP) is 3.87. The van der Waals surface area contributed by atoms with Crippen molar-refractivity contribution in [1.82, 2.24) is 9.55 Å². The summed E-state index contributed by atoms with van der Waals surface area (Å²) >= 11 is 0. The Balaban J connectivity index is 1.81. The van der Waals surface area contributed by atoms with Crippen LogP contribution < -0.4 is 0 Å². The first-order valence-corrected chi connectivity index (χ1v) is 9.12. The SMILES string of the molecule is O=C(O)CCCCCO/N=C(/Cn1ccnc1)C1CCCCCC1. The first kappa shape index (κ1) is 18.5. The molecule has 1 aliphatic carbocycles. The van der Waals surface area contributed by atoms with Crippen molar-refractivity contribution in [2.24, 2.45) is 11.1 Å². The van der Waals surface area contributed by atoms with Crippen molar-refractivity contribution in [2.45, 2.75) is 70.8 Å². The van der Waals surface area contributed by atoms with Crippen LogP contribution in [0.15, 0.2) is 23.9 Å². The molecule has 1 aliphatic rings. The fourth-order valence-electron chi connectivity index (χ4n) is 3.16. The number of aromatic nitrogens is 2. The van der Waals surface area contributed by atoms with Crippen LogP contribution in [0.25, 0.3) is 0 Å². The van der Waals surface area contributed by atoms with Gasteiger partial charge in [0.1, 0.15) is 6.61 Å². The molecule has 1 N–H and O–H groups in total. The minimum Gasteiger partial charge on any atom is -0.481 e. The van der Waals surface area contributed by atoms with Crippen LogP contribution in [-0.4, -0.2) is 32.9 Å². The van der Waals surface area contributed by atoms with Gasteiger partial charge in [-0.15, -0.1) is 0 Å². The van der Waals surface area contributed by atoms with Gasteiger partial charge in [0.15, 0.2) is 0 Å². The van der Waals surface area contributed by atoms with Gasteiger partial charge in [0.05, 0.1) is 18.6 Å². The van der Waals surface area contributed by atoms with Crippen LogP contribution in [0.2, 0.25) is 0 Å². The number of unbranched alkanes of at least 4 members (excludes halogenated alkanes) is 2. The van der Waals surface area contributed by atoms with Crippen molar-refractivity contribution in [2.75, 3.05) is 6.61 Å². The molecule has 1 saturated carbocycles. The average molecular weight is 335 g/mol. The smallest absolute Gasteiger partial charge is 0.303 e. The first-order chi connectivity index (χ1) is 11.8. The van der Waals surface area contributed by atoms with Gasteiger partial charge in [-0.3, -0.25) is 4.79 Å². The second kappa shape index (κ2) is 10.8. The second-order valence-corrected chi connectivity index (χ2v) is 6.54. The van der Waals surface area contributed by atoms with Crippen LogP contribution in [0.1, 0.15) is 64.2 Å². The Labute approximate surface area is 143 Å². The summed E-state index contributed by atoms with van der Waals surface area (Å²) in [5, 5.41) is 13.1. The highest BCUT2D eigenvalue weighted by Gasteiger charge is 2.19. The lowest BCUT2D eigenvalue weighted by molar-refractivity contribution is -0.137. The van der Waals surface area contributed by atoms with Crippen molar-refractivity contribution in [1.29, 1.82) is 0 Å². The van der Waals surface area contributed by atoms with Crippen LogP contribution in [0.4, 0.5) is 0 Å². The van der Waals surface area contributed by atoms with Gasteiger partial charge < -0.3 is 14.5 Å². The van der Waals surface area contributed by atoms with Gasteiger partial charge in [0.25, 0.3) is 0 Å². The van der Waals surface area contributed by atoms with E-state index in [1.807, 2.05) is 17.1 Å². The van der Waals surface area contributed by atoms with E-state index >= 15 is 0 Å². The standard InChI is InChI=1S/C18H29N3O3/c22-18(23)10-6-3-7-13-24-20-17(14-21-12-11-19-15-21)16-8-4-1-2-5-9-16/h11-12,15-16H,1-10,13-14H2,(H,22,23)/b20-17-. The molecule has 0 amide bonds. The number of carbonyl (C=O) groups is 1. The molecule has 0 atom stereocenters. The number of hydrogen-bond acceptors (Lipinski definition) is 4. The molecule has 134 valence electrons. The van der Waals surface area contributed by atoms with Crippen LogP contribution in [0.5, 0.6) is 0 Å². The van der Waals surface area contributed by atoms with Crippen LogP contribution in [-0.2, 0) is 16.2 Å². The maximum absolute atomic E-state index is 10.5. The third-order valence-electron chi connectivity index (χ3n) is 4.54. The molecule has 6 heteroatoms. The van der Waals surface area contributed by atoms with Crippen molar-refractivity contribution in [3.8, 4) is 0 Å². The van der Waals surface area contributed by atoms with Gasteiger partial charge in [-0.2, -0.15) is 0 Å². The second-order valence-electron chi connectivity index (χ2n) is 6.54. The van der Waals surface area contributed by atoms with Crippen molar-refractivity contribution >= 4 is 11.7 Å².